The van der Waals surface area contributed by atoms with Gasteiger partial charge in [-0.25, -0.2) is 18.0 Å². The van der Waals surface area contributed by atoms with Crippen LogP contribution in [0.15, 0.2) is 30.3 Å². The summed E-state index contributed by atoms with van der Waals surface area (Å²) in [5.74, 6) is -4.37. The highest BCUT2D eigenvalue weighted by molar-refractivity contribution is 5.91. The van der Waals surface area contributed by atoms with E-state index in [4.69, 9.17) is 4.74 Å². The molecular weight excluding hydrogens is 293 g/mol. The summed E-state index contributed by atoms with van der Waals surface area (Å²) < 4.78 is 44.5. The summed E-state index contributed by atoms with van der Waals surface area (Å²) in [6.07, 6.45) is 0. The van der Waals surface area contributed by atoms with Crippen molar-refractivity contribution in [3.63, 3.8) is 0 Å². The molecule has 5 heteroatoms. The Kier molecular flexibility index (Phi) is 4.54. The third kappa shape index (κ3) is 3.30. The number of carbonyl (C=O) groups is 1. The van der Waals surface area contributed by atoms with Crippen molar-refractivity contribution in [1.29, 1.82) is 0 Å². The Morgan fingerprint density at radius 3 is 2.23 bits per heavy atom. The first-order valence-electron chi connectivity index (χ1n) is 6.77. The summed E-state index contributed by atoms with van der Waals surface area (Å²) in [4.78, 5) is 11.9. The standard InChI is InChI=1S/C17H15F3O2/c1-9(2)12-5-4-11(6-10(12)3)22-17(21)13-7-15(19)16(20)8-14(13)18/h4-9H,1-3H3. The molecule has 2 aromatic carbocycles. The van der Waals surface area contributed by atoms with Gasteiger partial charge in [0.1, 0.15) is 11.6 Å². The van der Waals surface area contributed by atoms with Crippen LogP contribution in [0.5, 0.6) is 5.75 Å². The molecule has 0 N–H and O–H groups in total. The van der Waals surface area contributed by atoms with Crippen LogP contribution < -0.4 is 4.74 Å². The first-order chi connectivity index (χ1) is 10.3. The van der Waals surface area contributed by atoms with E-state index in [1.165, 1.54) is 0 Å². The number of ether oxygens (including phenoxy) is 1. The lowest BCUT2D eigenvalue weighted by Crippen LogP contribution is -2.12. The fraction of sp³-hybridized carbons (Fsp3) is 0.235. The van der Waals surface area contributed by atoms with Crippen molar-refractivity contribution < 1.29 is 22.7 Å². The predicted molar refractivity (Wildman–Crippen MR) is 76.5 cm³/mol. The zero-order valence-corrected chi connectivity index (χ0v) is 12.4. The first kappa shape index (κ1) is 16.1. The number of esters is 1. The molecule has 2 aromatic rings. The molecule has 116 valence electrons. The van der Waals surface area contributed by atoms with Gasteiger partial charge in [-0.15, -0.1) is 0 Å². The van der Waals surface area contributed by atoms with Crippen molar-refractivity contribution in [1.82, 2.24) is 0 Å². The summed E-state index contributed by atoms with van der Waals surface area (Å²) in [5.41, 5.74) is 1.37. The Morgan fingerprint density at radius 2 is 1.64 bits per heavy atom. The van der Waals surface area contributed by atoms with Crippen molar-refractivity contribution in [2.24, 2.45) is 0 Å². The zero-order chi connectivity index (χ0) is 16.4. The second-order valence-corrected chi connectivity index (χ2v) is 5.31. The molecule has 0 bridgehead atoms. The molecule has 0 spiro atoms. The van der Waals surface area contributed by atoms with E-state index in [-0.39, 0.29) is 5.75 Å². The minimum Gasteiger partial charge on any atom is -0.423 e. The molecule has 0 aliphatic heterocycles. The minimum atomic E-state index is -1.36. The van der Waals surface area contributed by atoms with Crippen molar-refractivity contribution in [2.75, 3.05) is 0 Å². The number of rotatable bonds is 3. The van der Waals surface area contributed by atoms with E-state index >= 15 is 0 Å². The second kappa shape index (κ2) is 6.22. The number of hydrogen-bond acceptors (Lipinski definition) is 2. The van der Waals surface area contributed by atoms with Gasteiger partial charge in [0.25, 0.3) is 0 Å². The molecular formula is C17H15F3O2. The highest BCUT2D eigenvalue weighted by Gasteiger charge is 2.18. The summed E-state index contributed by atoms with van der Waals surface area (Å²) in [7, 11) is 0. The van der Waals surface area contributed by atoms with Crippen LogP contribution in [0.1, 0.15) is 41.3 Å². The van der Waals surface area contributed by atoms with E-state index in [0.29, 0.717) is 18.1 Å². The quantitative estimate of drug-likeness (QED) is 0.464. The molecule has 22 heavy (non-hydrogen) atoms. The molecule has 0 saturated carbocycles. The van der Waals surface area contributed by atoms with Gasteiger partial charge >= 0.3 is 5.97 Å². The molecule has 0 unspecified atom stereocenters. The minimum absolute atomic E-state index is 0.219. The van der Waals surface area contributed by atoms with Gasteiger partial charge in [0.05, 0.1) is 5.56 Å². The average molecular weight is 308 g/mol. The fourth-order valence-corrected chi connectivity index (χ4v) is 2.20. The molecule has 2 rings (SSSR count). The maximum atomic E-state index is 13.5. The van der Waals surface area contributed by atoms with Crippen LogP contribution in [0.3, 0.4) is 0 Å². The van der Waals surface area contributed by atoms with Gasteiger partial charge in [0.15, 0.2) is 11.6 Å². The lowest BCUT2D eigenvalue weighted by Gasteiger charge is -2.12. The number of benzene rings is 2. The van der Waals surface area contributed by atoms with Gasteiger partial charge in [-0.3, -0.25) is 0 Å². The highest BCUT2D eigenvalue weighted by atomic mass is 19.2. The second-order valence-electron chi connectivity index (χ2n) is 5.31. The van der Waals surface area contributed by atoms with E-state index in [1.54, 1.807) is 12.1 Å². The van der Waals surface area contributed by atoms with Crippen molar-refractivity contribution in [3.8, 4) is 5.75 Å². The van der Waals surface area contributed by atoms with Crippen molar-refractivity contribution in [3.05, 3.63) is 64.5 Å². The average Bonchev–Trinajstić information content (AvgIpc) is 2.42. The Hall–Kier alpha value is -2.30. The van der Waals surface area contributed by atoms with Crippen LogP contribution in [-0.2, 0) is 0 Å². The monoisotopic (exact) mass is 308 g/mol. The van der Waals surface area contributed by atoms with E-state index in [1.807, 2.05) is 26.8 Å². The van der Waals surface area contributed by atoms with E-state index in [9.17, 15) is 18.0 Å². The third-order valence-electron chi connectivity index (χ3n) is 3.30. The molecule has 0 aliphatic rings. The summed E-state index contributed by atoms with van der Waals surface area (Å²) in [5, 5.41) is 0. The van der Waals surface area contributed by atoms with Crippen LogP contribution in [0.2, 0.25) is 0 Å². The van der Waals surface area contributed by atoms with Crippen molar-refractivity contribution >= 4 is 5.97 Å². The summed E-state index contributed by atoms with van der Waals surface area (Å²) >= 11 is 0. The topological polar surface area (TPSA) is 26.3 Å². The molecule has 0 saturated heterocycles. The molecule has 0 aliphatic carbocycles. The fourth-order valence-electron chi connectivity index (χ4n) is 2.20. The number of aryl methyl sites for hydroxylation is 1. The Bertz CT molecular complexity index is 724. The summed E-state index contributed by atoms with van der Waals surface area (Å²) in [6.45, 7) is 5.93. The van der Waals surface area contributed by atoms with Crippen LogP contribution >= 0.6 is 0 Å². The van der Waals surface area contributed by atoms with Crippen LogP contribution in [0.25, 0.3) is 0 Å². The van der Waals surface area contributed by atoms with Crippen LogP contribution in [0, 0.1) is 24.4 Å². The Morgan fingerprint density at radius 1 is 1.00 bits per heavy atom. The maximum absolute atomic E-state index is 13.5. The Balaban J connectivity index is 2.26. The molecule has 0 heterocycles. The molecule has 0 radical (unpaired) electrons. The van der Waals surface area contributed by atoms with Crippen LogP contribution in [0.4, 0.5) is 13.2 Å². The normalized spacial score (nSPS) is 10.9. The molecule has 0 amide bonds. The third-order valence-corrected chi connectivity index (χ3v) is 3.30. The van der Waals surface area contributed by atoms with Gasteiger partial charge in [-0.1, -0.05) is 19.9 Å². The van der Waals surface area contributed by atoms with Gasteiger partial charge < -0.3 is 4.74 Å². The molecule has 2 nitrogen and oxygen atoms in total. The maximum Gasteiger partial charge on any atom is 0.346 e. The zero-order valence-electron chi connectivity index (χ0n) is 12.4. The highest BCUT2D eigenvalue weighted by Crippen LogP contribution is 2.24. The molecule has 0 atom stereocenters. The lowest BCUT2D eigenvalue weighted by atomic mass is 9.98. The lowest BCUT2D eigenvalue weighted by molar-refractivity contribution is 0.0729. The van der Waals surface area contributed by atoms with Gasteiger partial charge in [0.2, 0.25) is 0 Å². The Labute approximate surface area is 126 Å². The van der Waals surface area contributed by atoms with Gasteiger partial charge in [-0.05, 0) is 42.2 Å². The predicted octanol–water partition coefficient (Wildman–Crippen LogP) is 4.75. The smallest absolute Gasteiger partial charge is 0.346 e. The van der Waals surface area contributed by atoms with Gasteiger partial charge in [0, 0.05) is 6.07 Å². The van der Waals surface area contributed by atoms with Gasteiger partial charge in [-0.2, -0.15) is 0 Å². The van der Waals surface area contributed by atoms with E-state index in [2.05, 4.69) is 0 Å². The van der Waals surface area contributed by atoms with E-state index in [0.717, 1.165) is 11.1 Å². The molecule has 0 fully saturated rings. The SMILES string of the molecule is Cc1cc(OC(=O)c2cc(F)c(F)cc2F)ccc1C(C)C. The number of halogens is 3. The largest absolute Gasteiger partial charge is 0.423 e. The number of carbonyl (C=O) groups excluding carboxylic acids is 1. The van der Waals surface area contributed by atoms with Crippen molar-refractivity contribution in [2.45, 2.75) is 26.7 Å². The van der Waals surface area contributed by atoms with E-state index < -0.39 is 29.0 Å². The van der Waals surface area contributed by atoms with Crippen LogP contribution in [-0.4, -0.2) is 5.97 Å². The number of hydrogen-bond donors (Lipinski definition) is 0. The molecule has 0 aromatic heterocycles. The summed E-state index contributed by atoms with van der Waals surface area (Å²) in [6, 6.07) is 5.84. The first-order valence-corrected chi connectivity index (χ1v) is 6.77.